The summed E-state index contributed by atoms with van der Waals surface area (Å²) in [6, 6.07) is 12.1. The fraction of sp³-hybridized carbons (Fsp3) is 0.429. The van der Waals surface area contributed by atoms with Gasteiger partial charge >= 0.3 is 0 Å². The third kappa shape index (κ3) is 8.77. The first-order chi connectivity index (χ1) is 13.2. The molecule has 7 heteroatoms. The largest absolute Gasteiger partial charge is 0.496 e. The quantitative estimate of drug-likeness (QED) is 0.203. The Morgan fingerprint density at radius 2 is 1.86 bits per heavy atom. The summed E-state index contributed by atoms with van der Waals surface area (Å²) >= 11 is 0. The van der Waals surface area contributed by atoms with E-state index in [1.807, 2.05) is 24.3 Å². The molecule has 0 amide bonds. The van der Waals surface area contributed by atoms with E-state index in [4.69, 9.17) is 4.74 Å². The maximum absolute atomic E-state index is 5.43. The van der Waals surface area contributed by atoms with E-state index in [2.05, 4.69) is 45.0 Å². The van der Waals surface area contributed by atoms with E-state index >= 15 is 0 Å². The Morgan fingerprint density at radius 3 is 2.57 bits per heavy atom. The van der Waals surface area contributed by atoms with Crippen LogP contribution in [0.5, 0.6) is 5.75 Å². The second-order valence-electron chi connectivity index (χ2n) is 6.34. The number of anilines is 1. The van der Waals surface area contributed by atoms with Gasteiger partial charge in [0.1, 0.15) is 11.6 Å². The fourth-order valence-electron chi connectivity index (χ4n) is 2.78. The average molecular weight is 497 g/mol. The summed E-state index contributed by atoms with van der Waals surface area (Å²) in [5.41, 5.74) is 2.45. The van der Waals surface area contributed by atoms with Crippen molar-refractivity contribution in [2.45, 2.75) is 26.2 Å². The van der Waals surface area contributed by atoms with Crippen molar-refractivity contribution in [2.75, 3.05) is 39.1 Å². The lowest BCUT2D eigenvalue weighted by Gasteiger charge is -2.13. The predicted molar refractivity (Wildman–Crippen MR) is 128 cm³/mol. The number of methoxy groups -OCH3 is 1. The van der Waals surface area contributed by atoms with Gasteiger partial charge in [0, 0.05) is 32.9 Å². The monoisotopic (exact) mass is 497 g/mol. The van der Waals surface area contributed by atoms with E-state index in [1.165, 1.54) is 11.1 Å². The first-order valence-electron chi connectivity index (χ1n) is 9.46. The van der Waals surface area contributed by atoms with Gasteiger partial charge in [-0.1, -0.05) is 23.8 Å². The molecule has 0 aliphatic heterocycles. The summed E-state index contributed by atoms with van der Waals surface area (Å²) in [4.78, 5) is 8.53. The van der Waals surface area contributed by atoms with Crippen LogP contribution < -0.4 is 20.7 Å². The minimum Gasteiger partial charge on any atom is -0.496 e. The summed E-state index contributed by atoms with van der Waals surface area (Å²) in [5, 5.41) is 10.0. The number of pyridine rings is 1. The number of hydrogen-bond donors (Lipinski definition) is 3. The molecule has 2 rings (SSSR count). The first-order valence-corrected chi connectivity index (χ1v) is 9.46. The molecule has 0 aliphatic rings. The number of guanidine groups is 1. The molecule has 1 heterocycles. The summed E-state index contributed by atoms with van der Waals surface area (Å²) in [7, 11) is 3.51. The van der Waals surface area contributed by atoms with Crippen molar-refractivity contribution in [1.82, 2.24) is 15.6 Å². The van der Waals surface area contributed by atoms with E-state index < -0.39 is 0 Å². The highest BCUT2D eigenvalue weighted by molar-refractivity contribution is 14.0. The van der Waals surface area contributed by atoms with Crippen molar-refractivity contribution < 1.29 is 4.74 Å². The minimum absolute atomic E-state index is 0. The van der Waals surface area contributed by atoms with Gasteiger partial charge in [0.25, 0.3) is 0 Å². The Bertz CT molecular complexity index is 709. The molecule has 154 valence electrons. The molecule has 1 aromatic heterocycles. The fourth-order valence-corrected chi connectivity index (χ4v) is 2.78. The topological polar surface area (TPSA) is 70.6 Å². The number of nitrogens with zero attached hydrogens (tertiary/aromatic N) is 2. The molecule has 0 saturated carbocycles. The average Bonchev–Trinajstić information content (AvgIpc) is 2.70. The van der Waals surface area contributed by atoms with Gasteiger partial charge in [-0.05, 0) is 49.9 Å². The van der Waals surface area contributed by atoms with Crippen molar-refractivity contribution in [3.05, 3.63) is 53.7 Å². The lowest BCUT2D eigenvalue weighted by Crippen LogP contribution is -2.38. The summed E-state index contributed by atoms with van der Waals surface area (Å²) in [6.07, 6.45) is 4.82. The number of aromatic nitrogens is 1. The maximum Gasteiger partial charge on any atom is 0.190 e. The smallest absolute Gasteiger partial charge is 0.190 e. The van der Waals surface area contributed by atoms with Gasteiger partial charge in [-0.15, -0.1) is 24.0 Å². The Kier molecular flexibility index (Phi) is 12.0. The van der Waals surface area contributed by atoms with Crippen LogP contribution in [0, 0.1) is 6.92 Å². The Balaban J connectivity index is 0.00000392. The van der Waals surface area contributed by atoms with Crippen LogP contribution in [-0.4, -0.2) is 44.7 Å². The first kappa shape index (κ1) is 24.0. The standard InChI is InChI=1S/C21H31N5O.HI/c1-17-9-10-19(27-3)18(16-17)11-15-26-21(22-2)25-14-7-6-13-24-20-8-4-5-12-23-20;/h4-5,8-10,12,16H,6-7,11,13-15H2,1-3H3,(H,23,24)(H2,22,25,26);1H. The molecule has 0 spiro atoms. The van der Waals surface area contributed by atoms with Crippen molar-refractivity contribution in [2.24, 2.45) is 4.99 Å². The number of ether oxygens (including phenoxy) is 1. The van der Waals surface area contributed by atoms with E-state index in [1.54, 1.807) is 20.4 Å². The van der Waals surface area contributed by atoms with Gasteiger partial charge in [-0.3, -0.25) is 4.99 Å². The zero-order chi connectivity index (χ0) is 19.3. The predicted octanol–water partition coefficient (Wildman–Crippen LogP) is 3.62. The molecule has 0 bridgehead atoms. The minimum atomic E-state index is 0. The molecule has 0 aliphatic carbocycles. The van der Waals surface area contributed by atoms with Gasteiger partial charge in [0.15, 0.2) is 5.96 Å². The number of halogens is 1. The molecule has 28 heavy (non-hydrogen) atoms. The number of benzene rings is 1. The van der Waals surface area contributed by atoms with Gasteiger partial charge in [-0.2, -0.15) is 0 Å². The van der Waals surface area contributed by atoms with Crippen LogP contribution in [0.15, 0.2) is 47.6 Å². The second-order valence-corrected chi connectivity index (χ2v) is 6.34. The molecule has 3 N–H and O–H groups in total. The number of hydrogen-bond acceptors (Lipinski definition) is 4. The number of unbranched alkanes of at least 4 members (excludes halogenated alkanes) is 1. The van der Waals surface area contributed by atoms with E-state index in [-0.39, 0.29) is 24.0 Å². The van der Waals surface area contributed by atoms with E-state index in [9.17, 15) is 0 Å². The third-order valence-electron chi connectivity index (χ3n) is 4.21. The number of nitrogens with one attached hydrogen (secondary N) is 3. The van der Waals surface area contributed by atoms with Crippen molar-refractivity contribution in [3.8, 4) is 5.75 Å². The summed E-state index contributed by atoms with van der Waals surface area (Å²) < 4.78 is 5.43. The van der Waals surface area contributed by atoms with Gasteiger partial charge < -0.3 is 20.7 Å². The SMILES string of the molecule is CN=C(NCCCCNc1ccccn1)NCCc1cc(C)ccc1OC.I. The molecule has 6 nitrogen and oxygen atoms in total. The van der Waals surface area contributed by atoms with Crippen LogP contribution >= 0.6 is 24.0 Å². The number of aliphatic imine (C=N–C) groups is 1. The van der Waals surface area contributed by atoms with Crippen LogP contribution in [0.25, 0.3) is 0 Å². The molecule has 1 aromatic carbocycles. The molecule has 0 radical (unpaired) electrons. The Labute approximate surface area is 185 Å². The molecule has 0 atom stereocenters. The maximum atomic E-state index is 5.43. The number of aryl methyl sites for hydroxylation is 1. The van der Waals surface area contributed by atoms with Crippen molar-refractivity contribution >= 4 is 35.8 Å². The van der Waals surface area contributed by atoms with Crippen LogP contribution in [0.3, 0.4) is 0 Å². The summed E-state index contributed by atoms with van der Waals surface area (Å²) in [5.74, 6) is 2.69. The van der Waals surface area contributed by atoms with Crippen molar-refractivity contribution in [3.63, 3.8) is 0 Å². The number of rotatable bonds is 10. The summed E-state index contributed by atoms with van der Waals surface area (Å²) in [6.45, 7) is 4.70. The highest BCUT2D eigenvalue weighted by Crippen LogP contribution is 2.19. The van der Waals surface area contributed by atoms with Crippen LogP contribution in [0.2, 0.25) is 0 Å². The van der Waals surface area contributed by atoms with Crippen molar-refractivity contribution in [1.29, 1.82) is 0 Å². The molecule has 0 saturated heterocycles. The van der Waals surface area contributed by atoms with Crippen LogP contribution in [0.4, 0.5) is 5.82 Å². The van der Waals surface area contributed by atoms with Gasteiger partial charge in [0.05, 0.1) is 7.11 Å². The molecule has 0 unspecified atom stereocenters. The van der Waals surface area contributed by atoms with Gasteiger partial charge in [0.2, 0.25) is 0 Å². The van der Waals surface area contributed by atoms with Crippen LogP contribution in [-0.2, 0) is 6.42 Å². The highest BCUT2D eigenvalue weighted by Gasteiger charge is 2.04. The molecular weight excluding hydrogens is 465 g/mol. The molecular formula is C21H32IN5O. The van der Waals surface area contributed by atoms with E-state index in [0.717, 1.165) is 56.4 Å². The van der Waals surface area contributed by atoms with Crippen LogP contribution in [0.1, 0.15) is 24.0 Å². The molecule has 2 aromatic rings. The second kappa shape index (κ2) is 14.0. The zero-order valence-electron chi connectivity index (χ0n) is 17.0. The highest BCUT2D eigenvalue weighted by atomic mass is 127. The lowest BCUT2D eigenvalue weighted by atomic mass is 10.1. The van der Waals surface area contributed by atoms with E-state index in [0.29, 0.717) is 0 Å². The Morgan fingerprint density at radius 1 is 1.07 bits per heavy atom. The third-order valence-corrected chi connectivity index (χ3v) is 4.21. The zero-order valence-corrected chi connectivity index (χ0v) is 19.3. The normalized spacial score (nSPS) is 10.8. The molecule has 0 fully saturated rings. The van der Waals surface area contributed by atoms with Gasteiger partial charge in [-0.25, -0.2) is 4.98 Å². The Hall–Kier alpha value is -2.03. The lowest BCUT2D eigenvalue weighted by molar-refractivity contribution is 0.409.